The topological polar surface area (TPSA) is 55.6 Å². The number of hydrogen-bond donors (Lipinski definition) is 0. The maximum Gasteiger partial charge on any atom is 0.260 e. The minimum absolute atomic E-state index is 0.103. The third-order valence-electron chi connectivity index (χ3n) is 5.32. The van der Waals surface area contributed by atoms with E-state index in [2.05, 4.69) is 5.16 Å². The summed E-state index contributed by atoms with van der Waals surface area (Å²) in [6.45, 7) is 3.64. The lowest BCUT2D eigenvalue weighted by atomic mass is 9.77. The van der Waals surface area contributed by atoms with Crippen LogP contribution in [0, 0.1) is 12.7 Å². The molecule has 2 saturated heterocycles. The molecule has 1 spiro atoms. The van der Waals surface area contributed by atoms with Crippen molar-refractivity contribution in [3.63, 3.8) is 0 Å². The molecule has 0 N–H and O–H groups in total. The standard InChI is InChI=1S/C18H18ClFN2O3/c1-11-14(16(21-25-11)15-12(19)3-2-4-13(15)20)17(23)22-8-5-18(22)6-9-24-10-7-18/h2-4H,5-10H2,1H3. The van der Waals surface area contributed by atoms with Crippen LogP contribution in [-0.2, 0) is 4.74 Å². The molecule has 0 unspecified atom stereocenters. The van der Waals surface area contributed by atoms with Gasteiger partial charge >= 0.3 is 0 Å². The Labute approximate surface area is 149 Å². The average molecular weight is 365 g/mol. The predicted molar refractivity (Wildman–Crippen MR) is 90.1 cm³/mol. The first-order valence-corrected chi connectivity index (χ1v) is 8.72. The van der Waals surface area contributed by atoms with Gasteiger partial charge in [0.25, 0.3) is 5.91 Å². The van der Waals surface area contributed by atoms with E-state index in [0.29, 0.717) is 25.5 Å². The monoisotopic (exact) mass is 364 g/mol. The van der Waals surface area contributed by atoms with E-state index < -0.39 is 5.82 Å². The van der Waals surface area contributed by atoms with Crippen molar-refractivity contribution < 1.29 is 18.4 Å². The number of aryl methyl sites for hydroxylation is 1. The van der Waals surface area contributed by atoms with Gasteiger partial charge in [0.2, 0.25) is 0 Å². The van der Waals surface area contributed by atoms with Crippen LogP contribution >= 0.6 is 11.6 Å². The van der Waals surface area contributed by atoms with Crippen LogP contribution in [0.1, 0.15) is 35.4 Å². The van der Waals surface area contributed by atoms with Crippen LogP contribution < -0.4 is 0 Å². The van der Waals surface area contributed by atoms with Crippen molar-refractivity contribution in [2.75, 3.05) is 19.8 Å². The number of ether oxygens (including phenoxy) is 1. The van der Waals surface area contributed by atoms with Crippen molar-refractivity contribution in [2.45, 2.75) is 31.7 Å². The Kier molecular flexibility index (Phi) is 4.04. The van der Waals surface area contributed by atoms with Gasteiger partial charge in [-0.3, -0.25) is 4.79 Å². The molecule has 0 aliphatic carbocycles. The molecule has 2 aromatic rings. The van der Waals surface area contributed by atoms with Gasteiger partial charge in [-0.15, -0.1) is 0 Å². The van der Waals surface area contributed by atoms with Crippen LogP contribution in [-0.4, -0.2) is 41.3 Å². The second-order valence-corrected chi connectivity index (χ2v) is 7.01. The van der Waals surface area contributed by atoms with Crippen molar-refractivity contribution in [2.24, 2.45) is 0 Å². The number of nitrogens with zero attached hydrogens (tertiary/aromatic N) is 2. The molecule has 5 nitrogen and oxygen atoms in total. The number of rotatable bonds is 2. The fraction of sp³-hybridized carbons (Fsp3) is 0.444. The summed E-state index contributed by atoms with van der Waals surface area (Å²) < 4.78 is 25.0. The van der Waals surface area contributed by atoms with Crippen LogP contribution in [0.25, 0.3) is 11.3 Å². The quantitative estimate of drug-likeness (QED) is 0.812. The predicted octanol–water partition coefficient (Wildman–Crippen LogP) is 3.84. The zero-order chi connectivity index (χ0) is 17.6. The Balaban J connectivity index is 1.74. The summed E-state index contributed by atoms with van der Waals surface area (Å²) in [5.41, 5.74) is 0.401. The van der Waals surface area contributed by atoms with Gasteiger partial charge in [-0.05, 0) is 38.3 Å². The van der Waals surface area contributed by atoms with E-state index in [9.17, 15) is 9.18 Å². The van der Waals surface area contributed by atoms with Gasteiger partial charge in [-0.25, -0.2) is 4.39 Å². The first-order chi connectivity index (χ1) is 12.0. The lowest BCUT2D eigenvalue weighted by Crippen LogP contribution is -2.64. The van der Waals surface area contributed by atoms with E-state index in [1.54, 1.807) is 13.0 Å². The number of halogens is 2. The minimum atomic E-state index is -0.528. The molecule has 1 amide bonds. The SMILES string of the molecule is Cc1onc(-c2c(F)cccc2Cl)c1C(=O)N1CCC12CCOCC2. The molecule has 0 atom stereocenters. The molecule has 132 valence electrons. The molecule has 2 fully saturated rings. The van der Waals surface area contributed by atoms with Gasteiger partial charge in [0.15, 0.2) is 0 Å². The Morgan fingerprint density at radius 3 is 2.72 bits per heavy atom. The molecule has 7 heteroatoms. The molecule has 1 aromatic carbocycles. The maximum atomic E-state index is 14.3. The number of likely N-dealkylation sites (tertiary alicyclic amines) is 1. The molecule has 4 rings (SSSR count). The van der Waals surface area contributed by atoms with Crippen LogP contribution in [0.5, 0.6) is 0 Å². The summed E-state index contributed by atoms with van der Waals surface area (Å²) >= 11 is 6.16. The average Bonchev–Trinajstić information content (AvgIpc) is 2.96. The van der Waals surface area contributed by atoms with E-state index in [1.165, 1.54) is 12.1 Å². The lowest BCUT2D eigenvalue weighted by Gasteiger charge is -2.54. The van der Waals surface area contributed by atoms with Crippen LogP contribution in [0.3, 0.4) is 0 Å². The molecule has 1 aromatic heterocycles. The summed E-state index contributed by atoms with van der Waals surface area (Å²) in [5, 5.41) is 4.13. The highest BCUT2D eigenvalue weighted by Crippen LogP contribution is 2.42. The Bertz CT molecular complexity index is 809. The zero-order valence-corrected chi connectivity index (χ0v) is 14.6. The molecule has 2 aliphatic rings. The van der Waals surface area contributed by atoms with Crippen molar-refractivity contribution in [3.05, 3.63) is 40.4 Å². The summed E-state index contributed by atoms with van der Waals surface area (Å²) in [6.07, 6.45) is 2.60. The van der Waals surface area contributed by atoms with Gasteiger partial charge in [-0.2, -0.15) is 0 Å². The van der Waals surface area contributed by atoms with E-state index in [0.717, 1.165) is 19.3 Å². The van der Waals surface area contributed by atoms with Crippen molar-refractivity contribution in [3.8, 4) is 11.3 Å². The van der Waals surface area contributed by atoms with E-state index in [4.69, 9.17) is 20.9 Å². The molecular formula is C18H18ClFN2O3. The summed E-state index contributed by atoms with van der Waals surface area (Å²) in [4.78, 5) is 15.1. The number of hydrogen-bond acceptors (Lipinski definition) is 4. The van der Waals surface area contributed by atoms with Gasteiger partial charge in [0.1, 0.15) is 22.8 Å². The van der Waals surface area contributed by atoms with Crippen molar-refractivity contribution in [1.82, 2.24) is 10.1 Å². The van der Waals surface area contributed by atoms with Crippen LogP contribution in [0.4, 0.5) is 4.39 Å². The second-order valence-electron chi connectivity index (χ2n) is 6.60. The van der Waals surface area contributed by atoms with Crippen LogP contribution in [0.15, 0.2) is 22.7 Å². The molecule has 2 aliphatic heterocycles. The van der Waals surface area contributed by atoms with Gasteiger partial charge in [-0.1, -0.05) is 22.8 Å². The third-order valence-corrected chi connectivity index (χ3v) is 5.63. The first-order valence-electron chi connectivity index (χ1n) is 8.34. The van der Waals surface area contributed by atoms with Gasteiger partial charge < -0.3 is 14.2 Å². The molecule has 0 bridgehead atoms. The smallest absolute Gasteiger partial charge is 0.260 e. The first kappa shape index (κ1) is 16.5. The molecule has 3 heterocycles. The van der Waals surface area contributed by atoms with E-state index in [-0.39, 0.29) is 33.3 Å². The molecular weight excluding hydrogens is 347 g/mol. The highest BCUT2D eigenvalue weighted by Gasteiger charge is 2.49. The second kappa shape index (κ2) is 6.11. The fourth-order valence-corrected chi connectivity index (χ4v) is 4.03. The highest BCUT2D eigenvalue weighted by atomic mass is 35.5. The normalized spacial score (nSPS) is 19.1. The number of benzene rings is 1. The van der Waals surface area contributed by atoms with Gasteiger partial charge in [0.05, 0.1) is 10.6 Å². The summed E-state index contributed by atoms with van der Waals surface area (Å²) in [6, 6.07) is 4.38. The zero-order valence-electron chi connectivity index (χ0n) is 13.8. The van der Waals surface area contributed by atoms with Gasteiger partial charge in [0, 0.05) is 25.3 Å². The van der Waals surface area contributed by atoms with Crippen LogP contribution in [0.2, 0.25) is 5.02 Å². The number of aromatic nitrogens is 1. The summed E-state index contributed by atoms with van der Waals surface area (Å²) in [5.74, 6) is -0.339. The molecule has 0 saturated carbocycles. The third kappa shape index (κ3) is 2.55. The molecule has 0 radical (unpaired) electrons. The Hall–Kier alpha value is -1.92. The number of carbonyl (C=O) groups excluding carboxylic acids is 1. The van der Waals surface area contributed by atoms with E-state index in [1.807, 2.05) is 4.90 Å². The maximum absolute atomic E-state index is 14.3. The lowest BCUT2D eigenvalue weighted by molar-refractivity contribution is -0.0696. The largest absolute Gasteiger partial charge is 0.381 e. The summed E-state index contributed by atoms with van der Waals surface area (Å²) in [7, 11) is 0. The van der Waals surface area contributed by atoms with E-state index >= 15 is 0 Å². The number of carbonyl (C=O) groups is 1. The molecule has 25 heavy (non-hydrogen) atoms. The Morgan fingerprint density at radius 2 is 2.08 bits per heavy atom. The highest BCUT2D eigenvalue weighted by molar-refractivity contribution is 6.33. The van der Waals surface area contributed by atoms with Crippen molar-refractivity contribution >= 4 is 17.5 Å². The Morgan fingerprint density at radius 1 is 1.32 bits per heavy atom. The number of amides is 1. The fourth-order valence-electron chi connectivity index (χ4n) is 3.78. The minimum Gasteiger partial charge on any atom is -0.381 e. The van der Waals surface area contributed by atoms with Crippen molar-refractivity contribution in [1.29, 1.82) is 0 Å².